The first kappa shape index (κ1) is 14.0. The van der Waals surface area contributed by atoms with Gasteiger partial charge >= 0.3 is 0 Å². The second-order valence-corrected chi connectivity index (χ2v) is 5.37. The first-order chi connectivity index (χ1) is 10.2. The van der Waals surface area contributed by atoms with E-state index < -0.39 is 6.10 Å². The molecule has 3 nitrogen and oxygen atoms in total. The average molecular weight is 288 g/mol. The van der Waals surface area contributed by atoms with Crippen LogP contribution < -0.4 is 4.74 Å². The molecule has 4 heteroatoms. The first-order valence-corrected chi connectivity index (χ1v) is 7.01. The predicted octanol–water partition coefficient (Wildman–Crippen LogP) is 3.00. The van der Waals surface area contributed by atoms with E-state index in [-0.39, 0.29) is 18.3 Å². The maximum atomic E-state index is 13.5. The smallest absolute Gasteiger partial charge is 0.130 e. The van der Waals surface area contributed by atoms with Crippen LogP contribution in [0.4, 0.5) is 4.39 Å². The minimum absolute atomic E-state index is 0.0219. The van der Waals surface area contributed by atoms with Gasteiger partial charge in [-0.15, -0.1) is 0 Å². The molecule has 2 aromatic carbocycles. The molecule has 0 radical (unpaired) electrons. The summed E-state index contributed by atoms with van der Waals surface area (Å²) in [6.07, 6.45) is 0.187. The van der Waals surface area contributed by atoms with Crippen molar-refractivity contribution in [2.45, 2.75) is 24.9 Å². The van der Waals surface area contributed by atoms with Gasteiger partial charge in [-0.1, -0.05) is 18.2 Å². The Hall–Kier alpha value is -1.91. The third-order valence-electron chi connectivity index (χ3n) is 3.83. The fourth-order valence-corrected chi connectivity index (χ4v) is 2.82. The van der Waals surface area contributed by atoms with Crippen LogP contribution in [0.25, 0.3) is 0 Å². The van der Waals surface area contributed by atoms with Crippen LogP contribution in [0.2, 0.25) is 0 Å². The number of aliphatic hydroxyl groups is 2. The summed E-state index contributed by atoms with van der Waals surface area (Å²) in [5.41, 5.74) is 1.75. The molecule has 1 unspecified atom stereocenters. The van der Waals surface area contributed by atoms with E-state index in [9.17, 15) is 9.50 Å². The van der Waals surface area contributed by atoms with E-state index >= 15 is 0 Å². The molecule has 0 spiro atoms. The van der Waals surface area contributed by atoms with E-state index in [2.05, 4.69) is 0 Å². The van der Waals surface area contributed by atoms with Crippen molar-refractivity contribution in [3.8, 4) is 11.5 Å². The molecular formula is C17H17FO3. The molecule has 0 aromatic heterocycles. The van der Waals surface area contributed by atoms with Gasteiger partial charge in [0.05, 0.1) is 12.7 Å². The lowest BCUT2D eigenvalue weighted by molar-refractivity contribution is 0.0821. The Balaban J connectivity index is 2.03. The van der Waals surface area contributed by atoms with Gasteiger partial charge in [-0.25, -0.2) is 4.39 Å². The molecule has 2 aromatic rings. The zero-order chi connectivity index (χ0) is 14.8. The maximum absolute atomic E-state index is 13.5. The Morgan fingerprint density at radius 3 is 2.81 bits per heavy atom. The second-order valence-electron chi connectivity index (χ2n) is 5.37. The maximum Gasteiger partial charge on any atom is 0.130 e. The molecule has 0 aliphatic carbocycles. The summed E-state index contributed by atoms with van der Waals surface area (Å²) < 4.78 is 19.4. The highest BCUT2D eigenvalue weighted by molar-refractivity contribution is 5.47. The van der Waals surface area contributed by atoms with Crippen LogP contribution in [0.5, 0.6) is 11.5 Å². The van der Waals surface area contributed by atoms with Crippen molar-refractivity contribution in [2.24, 2.45) is 0 Å². The van der Waals surface area contributed by atoms with Crippen LogP contribution in [-0.4, -0.2) is 22.9 Å². The van der Waals surface area contributed by atoms with Crippen molar-refractivity contribution in [1.82, 2.24) is 0 Å². The number of hydrogen-bond donors (Lipinski definition) is 2. The standard InChI is InChI=1S/C17H17FO3/c18-13-5-6-16-12(8-13)7-11(9-14(20)10-19)15-3-1-2-4-17(15)21-16/h1-6,8,11,14,19-20H,7,9-10H2/t11-,14?/m1/s1. The first-order valence-electron chi connectivity index (χ1n) is 7.01. The van der Waals surface area contributed by atoms with Gasteiger partial charge in [0.25, 0.3) is 0 Å². The molecule has 110 valence electrons. The molecule has 1 aliphatic rings. The Morgan fingerprint density at radius 2 is 2.00 bits per heavy atom. The Labute approximate surface area is 122 Å². The predicted molar refractivity (Wildman–Crippen MR) is 77.1 cm³/mol. The van der Waals surface area contributed by atoms with Gasteiger partial charge in [0.2, 0.25) is 0 Å². The van der Waals surface area contributed by atoms with E-state index in [0.717, 1.165) is 16.9 Å². The number of rotatable bonds is 3. The Morgan fingerprint density at radius 1 is 1.19 bits per heavy atom. The van der Waals surface area contributed by atoms with Gasteiger partial charge in [-0.05, 0) is 54.2 Å². The summed E-state index contributed by atoms with van der Waals surface area (Å²) in [6.45, 7) is -0.282. The highest BCUT2D eigenvalue weighted by atomic mass is 19.1. The van der Waals surface area contributed by atoms with Crippen molar-refractivity contribution in [1.29, 1.82) is 0 Å². The van der Waals surface area contributed by atoms with E-state index in [4.69, 9.17) is 9.84 Å². The Bertz CT molecular complexity index is 642. The molecule has 0 saturated heterocycles. The lowest BCUT2D eigenvalue weighted by atomic mass is 9.87. The molecule has 3 rings (SSSR count). The highest BCUT2D eigenvalue weighted by Gasteiger charge is 2.25. The highest BCUT2D eigenvalue weighted by Crippen LogP contribution is 2.41. The van der Waals surface area contributed by atoms with Gasteiger partial charge in [0.1, 0.15) is 17.3 Å². The fourth-order valence-electron chi connectivity index (χ4n) is 2.82. The van der Waals surface area contributed by atoms with Crippen molar-refractivity contribution in [3.05, 3.63) is 59.4 Å². The average Bonchev–Trinajstić information content (AvgIpc) is 2.63. The number of benzene rings is 2. The topological polar surface area (TPSA) is 49.7 Å². The minimum atomic E-state index is -0.793. The van der Waals surface area contributed by atoms with Crippen molar-refractivity contribution < 1.29 is 19.3 Å². The van der Waals surface area contributed by atoms with Crippen molar-refractivity contribution in [3.63, 3.8) is 0 Å². The number of fused-ring (bicyclic) bond motifs is 2. The Kier molecular flexibility index (Phi) is 3.90. The molecular weight excluding hydrogens is 271 g/mol. The lowest BCUT2D eigenvalue weighted by Gasteiger charge is -2.19. The zero-order valence-electron chi connectivity index (χ0n) is 11.5. The number of halogens is 1. The summed E-state index contributed by atoms with van der Waals surface area (Å²) in [6, 6.07) is 12.1. The second kappa shape index (κ2) is 5.84. The third kappa shape index (κ3) is 2.91. The van der Waals surface area contributed by atoms with Gasteiger partial charge in [-0.2, -0.15) is 0 Å². The monoisotopic (exact) mass is 288 g/mol. The molecule has 21 heavy (non-hydrogen) atoms. The molecule has 0 amide bonds. The fraction of sp³-hybridized carbons (Fsp3) is 0.294. The molecule has 1 heterocycles. The third-order valence-corrected chi connectivity index (χ3v) is 3.83. The molecule has 2 atom stereocenters. The van der Waals surface area contributed by atoms with Crippen LogP contribution in [0.15, 0.2) is 42.5 Å². The van der Waals surface area contributed by atoms with Crippen LogP contribution in [0, 0.1) is 5.82 Å². The van der Waals surface area contributed by atoms with Gasteiger partial charge in [0, 0.05) is 0 Å². The van der Waals surface area contributed by atoms with E-state index in [0.29, 0.717) is 18.6 Å². The van der Waals surface area contributed by atoms with Crippen molar-refractivity contribution >= 4 is 0 Å². The minimum Gasteiger partial charge on any atom is -0.457 e. The lowest BCUT2D eigenvalue weighted by Crippen LogP contribution is -2.17. The molecule has 0 saturated carbocycles. The summed E-state index contributed by atoms with van der Waals surface area (Å²) in [7, 11) is 0. The van der Waals surface area contributed by atoms with Crippen LogP contribution in [0.3, 0.4) is 0 Å². The summed E-state index contributed by atoms with van der Waals surface area (Å²) in [5.74, 6) is 1.04. The molecule has 0 bridgehead atoms. The van der Waals surface area contributed by atoms with Gasteiger partial charge in [-0.3, -0.25) is 0 Å². The van der Waals surface area contributed by atoms with E-state index in [1.165, 1.54) is 12.1 Å². The number of aliphatic hydroxyl groups excluding tert-OH is 2. The zero-order valence-corrected chi connectivity index (χ0v) is 11.5. The van der Waals surface area contributed by atoms with E-state index in [1.54, 1.807) is 6.07 Å². The van der Waals surface area contributed by atoms with Crippen molar-refractivity contribution in [2.75, 3.05) is 6.61 Å². The quantitative estimate of drug-likeness (QED) is 0.913. The number of ether oxygens (including phenoxy) is 1. The molecule has 2 N–H and O–H groups in total. The van der Waals surface area contributed by atoms with E-state index in [1.807, 2.05) is 24.3 Å². The molecule has 1 aliphatic heterocycles. The van der Waals surface area contributed by atoms with Crippen LogP contribution >= 0.6 is 0 Å². The number of hydrogen-bond acceptors (Lipinski definition) is 3. The largest absolute Gasteiger partial charge is 0.457 e. The van der Waals surface area contributed by atoms with Gasteiger partial charge < -0.3 is 14.9 Å². The van der Waals surface area contributed by atoms with Gasteiger partial charge in [0.15, 0.2) is 0 Å². The summed E-state index contributed by atoms with van der Waals surface area (Å²) in [5, 5.41) is 18.8. The number of para-hydroxylation sites is 1. The van der Waals surface area contributed by atoms with Crippen LogP contribution in [-0.2, 0) is 6.42 Å². The normalized spacial score (nSPS) is 18.1. The SMILES string of the molecule is OCC(O)C[C@H]1Cc2cc(F)ccc2Oc2ccccc21. The summed E-state index contributed by atoms with van der Waals surface area (Å²) in [4.78, 5) is 0. The summed E-state index contributed by atoms with van der Waals surface area (Å²) >= 11 is 0. The van der Waals surface area contributed by atoms with Crippen LogP contribution in [0.1, 0.15) is 23.5 Å². The molecule has 0 fully saturated rings.